The summed E-state index contributed by atoms with van der Waals surface area (Å²) in [5, 5.41) is 12.6. The van der Waals surface area contributed by atoms with Gasteiger partial charge in [-0.1, -0.05) is 36.7 Å². The van der Waals surface area contributed by atoms with E-state index in [0.29, 0.717) is 37.0 Å². The third kappa shape index (κ3) is 4.69. The molecule has 2 heterocycles. The van der Waals surface area contributed by atoms with Gasteiger partial charge in [-0.25, -0.2) is 4.98 Å². The molecule has 0 atom stereocenters. The fraction of sp³-hybridized carbons (Fsp3) is 0.273. The highest BCUT2D eigenvalue weighted by molar-refractivity contribution is 6.30. The van der Waals surface area contributed by atoms with Gasteiger partial charge < -0.3 is 14.5 Å². The van der Waals surface area contributed by atoms with Crippen LogP contribution in [-0.4, -0.2) is 41.1 Å². The number of aryl methyl sites for hydroxylation is 1. The van der Waals surface area contributed by atoms with Crippen LogP contribution >= 0.6 is 11.6 Å². The highest BCUT2D eigenvalue weighted by atomic mass is 35.5. The molecule has 3 aromatic rings. The normalized spacial score (nSPS) is 13.9. The summed E-state index contributed by atoms with van der Waals surface area (Å²) in [7, 11) is 0. The third-order valence-corrected chi connectivity index (χ3v) is 5.49. The number of nitro groups is 1. The van der Waals surface area contributed by atoms with Crippen molar-refractivity contribution in [3.05, 3.63) is 75.6 Å². The number of benzene rings is 2. The Balaban J connectivity index is 1.54. The largest absolute Gasteiger partial charge is 0.434 e. The average Bonchev–Trinajstić information content (AvgIpc) is 2.79. The zero-order chi connectivity index (χ0) is 21.8. The number of halogens is 1. The molecule has 0 spiro atoms. The Labute approximate surface area is 185 Å². The van der Waals surface area contributed by atoms with E-state index in [1.807, 2.05) is 41.3 Å². The molecule has 0 bridgehead atoms. The topological polar surface area (TPSA) is 84.6 Å². The van der Waals surface area contributed by atoms with Gasteiger partial charge in [-0.3, -0.25) is 10.1 Å². The average molecular weight is 440 g/mol. The van der Waals surface area contributed by atoms with Gasteiger partial charge in [0.05, 0.1) is 4.92 Å². The summed E-state index contributed by atoms with van der Waals surface area (Å²) in [4.78, 5) is 23.8. The fourth-order valence-corrected chi connectivity index (χ4v) is 3.76. The summed E-state index contributed by atoms with van der Waals surface area (Å²) < 4.78 is 5.76. The van der Waals surface area contributed by atoms with E-state index in [-0.39, 0.29) is 17.4 Å². The van der Waals surface area contributed by atoms with Gasteiger partial charge in [0, 0.05) is 36.9 Å². The Kier molecular flexibility index (Phi) is 6.18. The predicted molar refractivity (Wildman–Crippen MR) is 120 cm³/mol. The van der Waals surface area contributed by atoms with E-state index < -0.39 is 4.92 Å². The van der Waals surface area contributed by atoms with Crippen molar-refractivity contribution in [2.24, 2.45) is 0 Å². The molecular formula is C22H22ClN5O3. The maximum Gasteiger partial charge on any atom is 0.373 e. The molecule has 4 rings (SSSR count). The molecular weight excluding hydrogens is 418 g/mol. The Morgan fingerprint density at radius 3 is 2.42 bits per heavy atom. The first-order chi connectivity index (χ1) is 15.0. The molecule has 8 nitrogen and oxygen atoms in total. The van der Waals surface area contributed by atoms with Gasteiger partial charge in [0.2, 0.25) is 5.82 Å². The molecule has 1 saturated heterocycles. The van der Waals surface area contributed by atoms with Crippen LogP contribution < -0.4 is 14.5 Å². The quantitative estimate of drug-likeness (QED) is 0.405. The van der Waals surface area contributed by atoms with Gasteiger partial charge >= 0.3 is 11.6 Å². The van der Waals surface area contributed by atoms with Crippen molar-refractivity contribution >= 4 is 28.8 Å². The first-order valence-corrected chi connectivity index (χ1v) is 10.4. The second kappa shape index (κ2) is 9.18. The number of aromatic nitrogens is 2. The second-order valence-corrected chi connectivity index (χ2v) is 7.60. The number of nitrogens with zero attached hydrogens (tertiary/aromatic N) is 5. The Bertz CT molecular complexity index is 1070. The summed E-state index contributed by atoms with van der Waals surface area (Å²) in [6.07, 6.45) is 2.21. The van der Waals surface area contributed by atoms with Crippen molar-refractivity contribution < 1.29 is 9.66 Å². The number of hydrogen-bond donors (Lipinski definition) is 0. The molecule has 0 N–H and O–H groups in total. The van der Waals surface area contributed by atoms with Crippen LogP contribution in [0, 0.1) is 10.1 Å². The van der Waals surface area contributed by atoms with Gasteiger partial charge in [-0.15, -0.1) is 0 Å². The van der Waals surface area contributed by atoms with Crippen LogP contribution in [0.25, 0.3) is 0 Å². The van der Waals surface area contributed by atoms with Gasteiger partial charge in [-0.2, -0.15) is 4.98 Å². The van der Waals surface area contributed by atoms with Crippen LogP contribution in [0.3, 0.4) is 0 Å². The lowest BCUT2D eigenvalue weighted by Crippen LogP contribution is -2.47. The first kappa shape index (κ1) is 20.9. The van der Waals surface area contributed by atoms with E-state index in [0.717, 1.165) is 17.7 Å². The van der Waals surface area contributed by atoms with Crippen LogP contribution in [-0.2, 0) is 6.42 Å². The minimum Gasteiger partial charge on any atom is -0.434 e. The molecule has 31 heavy (non-hydrogen) atoms. The van der Waals surface area contributed by atoms with E-state index in [1.165, 1.54) is 6.33 Å². The van der Waals surface area contributed by atoms with E-state index in [2.05, 4.69) is 21.8 Å². The maximum atomic E-state index is 11.9. The first-order valence-electron chi connectivity index (χ1n) is 10.1. The van der Waals surface area contributed by atoms with Crippen LogP contribution in [0.5, 0.6) is 11.6 Å². The lowest BCUT2D eigenvalue weighted by molar-refractivity contribution is -0.385. The lowest BCUT2D eigenvalue weighted by Gasteiger charge is -2.36. The van der Waals surface area contributed by atoms with E-state index in [1.54, 1.807) is 12.1 Å². The zero-order valence-electron chi connectivity index (χ0n) is 17.1. The van der Waals surface area contributed by atoms with Gasteiger partial charge in [-0.05, 0) is 42.3 Å². The molecule has 0 unspecified atom stereocenters. The number of rotatable bonds is 6. The molecule has 1 aliphatic rings. The lowest BCUT2D eigenvalue weighted by atomic mass is 10.2. The molecule has 1 aliphatic heterocycles. The summed E-state index contributed by atoms with van der Waals surface area (Å²) >= 11 is 6.10. The van der Waals surface area contributed by atoms with Crippen molar-refractivity contribution in [1.82, 2.24) is 9.97 Å². The fourth-order valence-electron chi connectivity index (χ4n) is 3.57. The minimum atomic E-state index is -0.478. The molecule has 0 saturated carbocycles. The van der Waals surface area contributed by atoms with E-state index in [9.17, 15) is 10.1 Å². The maximum absolute atomic E-state index is 11.9. The highest BCUT2D eigenvalue weighted by Crippen LogP contribution is 2.36. The zero-order valence-corrected chi connectivity index (χ0v) is 17.8. The van der Waals surface area contributed by atoms with E-state index >= 15 is 0 Å². The monoisotopic (exact) mass is 439 g/mol. The van der Waals surface area contributed by atoms with Gasteiger partial charge in [0.25, 0.3) is 0 Å². The Hall–Kier alpha value is -3.39. The van der Waals surface area contributed by atoms with Gasteiger partial charge in [0.15, 0.2) is 0 Å². The molecule has 2 aromatic carbocycles. The van der Waals surface area contributed by atoms with Crippen molar-refractivity contribution in [3.8, 4) is 11.6 Å². The molecule has 1 aromatic heterocycles. The van der Waals surface area contributed by atoms with E-state index in [4.69, 9.17) is 16.3 Å². The van der Waals surface area contributed by atoms with Crippen LogP contribution in [0.1, 0.15) is 12.5 Å². The summed E-state index contributed by atoms with van der Waals surface area (Å²) in [6.45, 7) is 4.60. The number of piperazine rings is 1. The van der Waals surface area contributed by atoms with Crippen LogP contribution in [0.2, 0.25) is 5.02 Å². The smallest absolute Gasteiger partial charge is 0.373 e. The Morgan fingerprint density at radius 2 is 1.77 bits per heavy atom. The minimum absolute atomic E-state index is 0.0588. The number of anilines is 2. The molecule has 1 fully saturated rings. The molecule has 0 aliphatic carbocycles. The Morgan fingerprint density at radius 1 is 1.06 bits per heavy atom. The van der Waals surface area contributed by atoms with Crippen molar-refractivity contribution in [2.45, 2.75) is 13.3 Å². The van der Waals surface area contributed by atoms with Crippen LogP contribution in [0.15, 0.2) is 54.9 Å². The third-order valence-electron chi connectivity index (χ3n) is 5.25. The van der Waals surface area contributed by atoms with Crippen molar-refractivity contribution in [2.75, 3.05) is 36.0 Å². The summed E-state index contributed by atoms with van der Waals surface area (Å²) in [5.41, 5.74) is 1.96. The van der Waals surface area contributed by atoms with Crippen molar-refractivity contribution in [3.63, 3.8) is 0 Å². The van der Waals surface area contributed by atoms with Crippen molar-refractivity contribution in [1.29, 1.82) is 0 Å². The SMILES string of the molecule is CCc1ccc(Oc2ncnc(N3CCN(c4cccc(Cl)c4)CC3)c2[N+](=O)[O-])cc1. The standard InChI is InChI=1S/C22H22ClN5O3/c1-2-16-6-8-19(9-7-16)31-22-20(28(29)30)21(24-15-25-22)27-12-10-26(11-13-27)18-5-3-4-17(23)14-18/h3-9,14-15H,2,10-13H2,1H3. The summed E-state index contributed by atoms with van der Waals surface area (Å²) in [5.74, 6) is 0.707. The molecule has 0 radical (unpaired) electrons. The predicted octanol–water partition coefficient (Wildman–Crippen LogP) is 4.72. The highest BCUT2D eigenvalue weighted by Gasteiger charge is 2.30. The molecule has 160 valence electrons. The van der Waals surface area contributed by atoms with Gasteiger partial charge in [0.1, 0.15) is 12.1 Å². The number of ether oxygens (including phenoxy) is 1. The van der Waals surface area contributed by atoms with Crippen LogP contribution in [0.4, 0.5) is 17.2 Å². The summed E-state index contributed by atoms with van der Waals surface area (Å²) in [6, 6.07) is 15.1. The molecule has 9 heteroatoms. The molecule has 0 amide bonds. The second-order valence-electron chi connectivity index (χ2n) is 7.16. The number of hydrogen-bond acceptors (Lipinski definition) is 7.